The third-order valence-corrected chi connectivity index (χ3v) is 6.57. The SMILES string of the molecule is Cc1cccc(OCc2c(C(=O)N3CCN(Cc4c(F)cccc4Cl)CC3)noc2C)c1C. The fourth-order valence-corrected chi connectivity index (χ4v) is 4.15. The molecule has 2 heterocycles. The highest BCUT2D eigenvalue weighted by Gasteiger charge is 2.28. The van der Waals surface area contributed by atoms with Crippen molar-refractivity contribution in [3.8, 4) is 5.75 Å². The van der Waals surface area contributed by atoms with Crippen LogP contribution in [0, 0.1) is 26.6 Å². The number of benzene rings is 2. The molecule has 0 aliphatic carbocycles. The lowest BCUT2D eigenvalue weighted by Crippen LogP contribution is -2.48. The highest BCUT2D eigenvalue weighted by Crippen LogP contribution is 2.25. The summed E-state index contributed by atoms with van der Waals surface area (Å²) in [6.07, 6.45) is 0. The van der Waals surface area contributed by atoms with Gasteiger partial charge in [0.1, 0.15) is 23.9 Å². The van der Waals surface area contributed by atoms with Crippen LogP contribution < -0.4 is 4.74 Å². The number of aryl methyl sites for hydroxylation is 2. The summed E-state index contributed by atoms with van der Waals surface area (Å²) in [6.45, 7) is 8.66. The number of amides is 1. The van der Waals surface area contributed by atoms with Crippen LogP contribution in [0.15, 0.2) is 40.9 Å². The van der Waals surface area contributed by atoms with Crippen LogP contribution in [-0.2, 0) is 13.2 Å². The van der Waals surface area contributed by atoms with Gasteiger partial charge in [0.15, 0.2) is 5.69 Å². The van der Waals surface area contributed by atoms with E-state index in [1.165, 1.54) is 6.07 Å². The van der Waals surface area contributed by atoms with Crippen LogP contribution in [0.5, 0.6) is 5.75 Å². The van der Waals surface area contributed by atoms with E-state index in [0.717, 1.165) is 16.9 Å². The highest BCUT2D eigenvalue weighted by atomic mass is 35.5. The number of aromatic nitrogens is 1. The average molecular weight is 472 g/mol. The van der Waals surface area contributed by atoms with Gasteiger partial charge >= 0.3 is 0 Å². The number of ether oxygens (including phenoxy) is 1. The molecule has 1 aliphatic rings. The summed E-state index contributed by atoms with van der Waals surface area (Å²) in [7, 11) is 0. The van der Waals surface area contributed by atoms with E-state index in [4.69, 9.17) is 20.9 Å². The van der Waals surface area contributed by atoms with Crippen molar-refractivity contribution in [3.63, 3.8) is 0 Å². The third kappa shape index (κ3) is 5.04. The Bertz CT molecular complexity index is 1140. The number of halogens is 2. The van der Waals surface area contributed by atoms with Crippen molar-refractivity contribution in [1.29, 1.82) is 0 Å². The summed E-state index contributed by atoms with van der Waals surface area (Å²) >= 11 is 6.16. The molecule has 6 nitrogen and oxygen atoms in total. The standard InChI is InChI=1S/C25H27ClFN3O3/c1-16-6-4-9-23(17(16)2)32-15-20-18(3)33-28-24(20)25(31)30-12-10-29(11-13-30)14-19-21(26)7-5-8-22(19)27/h4-9H,10-15H2,1-3H3. The molecule has 1 fully saturated rings. The second kappa shape index (κ2) is 9.93. The molecule has 1 amide bonds. The van der Waals surface area contributed by atoms with Crippen LogP contribution in [0.4, 0.5) is 4.39 Å². The predicted molar refractivity (Wildman–Crippen MR) is 124 cm³/mol. The summed E-state index contributed by atoms with van der Waals surface area (Å²) in [5.41, 5.74) is 3.62. The van der Waals surface area contributed by atoms with Gasteiger partial charge in [-0.05, 0) is 50.1 Å². The van der Waals surface area contributed by atoms with E-state index in [0.29, 0.717) is 54.6 Å². The van der Waals surface area contributed by atoms with Crippen LogP contribution in [-0.4, -0.2) is 47.0 Å². The van der Waals surface area contributed by atoms with E-state index in [1.807, 2.05) is 32.0 Å². The molecule has 3 aromatic rings. The first-order valence-electron chi connectivity index (χ1n) is 10.9. The van der Waals surface area contributed by atoms with Gasteiger partial charge in [0, 0.05) is 43.3 Å². The van der Waals surface area contributed by atoms with Gasteiger partial charge in [0.05, 0.1) is 5.56 Å². The fraction of sp³-hybridized carbons (Fsp3) is 0.360. The van der Waals surface area contributed by atoms with Crippen LogP contribution in [0.25, 0.3) is 0 Å². The Kier molecular flexibility index (Phi) is 7.00. The Hall–Kier alpha value is -2.90. The Balaban J connectivity index is 1.40. The monoisotopic (exact) mass is 471 g/mol. The lowest BCUT2D eigenvalue weighted by molar-refractivity contribution is 0.0615. The zero-order valence-electron chi connectivity index (χ0n) is 19.0. The molecule has 0 saturated carbocycles. The van der Waals surface area contributed by atoms with Gasteiger partial charge in [-0.15, -0.1) is 0 Å². The minimum absolute atomic E-state index is 0.185. The van der Waals surface area contributed by atoms with Crippen molar-refractivity contribution in [2.24, 2.45) is 0 Å². The van der Waals surface area contributed by atoms with Crippen molar-refractivity contribution < 1.29 is 18.4 Å². The van der Waals surface area contributed by atoms with E-state index >= 15 is 0 Å². The summed E-state index contributed by atoms with van der Waals surface area (Å²) in [6, 6.07) is 10.6. The summed E-state index contributed by atoms with van der Waals surface area (Å²) < 4.78 is 25.4. The molecule has 0 unspecified atom stereocenters. The summed E-state index contributed by atoms with van der Waals surface area (Å²) in [5, 5.41) is 4.44. The smallest absolute Gasteiger partial charge is 0.276 e. The molecule has 174 valence electrons. The topological polar surface area (TPSA) is 58.8 Å². The van der Waals surface area contributed by atoms with Gasteiger partial charge < -0.3 is 14.2 Å². The molecule has 0 radical (unpaired) electrons. The molecule has 0 N–H and O–H groups in total. The highest BCUT2D eigenvalue weighted by molar-refractivity contribution is 6.31. The van der Waals surface area contributed by atoms with E-state index in [-0.39, 0.29) is 24.0 Å². The molecule has 2 aromatic carbocycles. The Morgan fingerprint density at radius 2 is 1.82 bits per heavy atom. The summed E-state index contributed by atoms with van der Waals surface area (Å²) in [5.74, 6) is 0.841. The van der Waals surface area contributed by atoms with E-state index in [1.54, 1.807) is 24.0 Å². The number of hydrogen-bond acceptors (Lipinski definition) is 5. The minimum Gasteiger partial charge on any atom is -0.488 e. The van der Waals surface area contributed by atoms with Crippen LogP contribution in [0.2, 0.25) is 5.02 Å². The molecule has 4 rings (SSSR count). The first kappa shape index (κ1) is 23.3. The molecule has 1 saturated heterocycles. The molecular formula is C25H27ClFN3O3. The van der Waals surface area contributed by atoms with Crippen molar-refractivity contribution in [3.05, 3.63) is 80.9 Å². The van der Waals surface area contributed by atoms with Gasteiger partial charge in [-0.3, -0.25) is 9.69 Å². The molecule has 0 atom stereocenters. The van der Waals surface area contributed by atoms with Crippen molar-refractivity contribution >= 4 is 17.5 Å². The quantitative estimate of drug-likeness (QED) is 0.510. The van der Waals surface area contributed by atoms with Gasteiger partial charge in [-0.1, -0.05) is 35.0 Å². The fourth-order valence-electron chi connectivity index (χ4n) is 3.93. The maximum atomic E-state index is 14.1. The molecule has 1 aliphatic heterocycles. The van der Waals surface area contributed by atoms with Crippen LogP contribution in [0.1, 0.15) is 38.5 Å². The van der Waals surface area contributed by atoms with E-state index in [2.05, 4.69) is 10.1 Å². The number of carbonyl (C=O) groups is 1. The van der Waals surface area contributed by atoms with Gasteiger partial charge in [0.25, 0.3) is 5.91 Å². The number of piperazine rings is 1. The van der Waals surface area contributed by atoms with Crippen LogP contribution >= 0.6 is 11.6 Å². The molecule has 33 heavy (non-hydrogen) atoms. The number of carbonyl (C=O) groups excluding carboxylic acids is 1. The summed E-state index contributed by atoms with van der Waals surface area (Å²) in [4.78, 5) is 17.0. The van der Waals surface area contributed by atoms with Crippen molar-refractivity contribution in [2.45, 2.75) is 33.9 Å². The minimum atomic E-state index is -0.312. The molecule has 8 heteroatoms. The van der Waals surface area contributed by atoms with Gasteiger partial charge in [-0.25, -0.2) is 4.39 Å². The zero-order valence-corrected chi connectivity index (χ0v) is 19.8. The molecular weight excluding hydrogens is 445 g/mol. The first-order chi connectivity index (χ1) is 15.8. The number of rotatable bonds is 6. The second-order valence-electron chi connectivity index (χ2n) is 8.32. The zero-order chi connectivity index (χ0) is 23.5. The predicted octanol–water partition coefficient (Wildman–Crippen LogP) is 4.93. The first-order valence-corrected chi connectivity index (χ1v) is 11.3. The number of hydrogen-bond donors (Lipinski definition) is 0. The van der Waals surface area contributed by atoms with Gasteiger partial charge in [-0.2, -0.15) is 0 Å². The normalized spacial score (nSPS) is 14.5. The van der Waals surface area contributed by atoms with Crippen molar-refractivity contribution in [2.75, 3.05) is 26.2 Å². The maximum absolute atomic E-state index is 14.1. The lowest BCUT2D eigenvalue weighted by Gasteiger charge is -2.34. The Morgan fingerprint density at radius 3 is 2.55 bits per heavy atom. The third-order valence-electron chi connectivity index (χ3n) is 6.22. The lowest BCUT2D eigenvalue weighted by atomic mass is 10.1. The Morgan fingerprint density at radius 1 is 1.09 bits per heavy atom. The van der Waals surface area contributed by atoms with E-state index < -0.39 is 0 Å². The van der Waals surface area contributed by atoms with Crippen LogP contribution in [0.3, 0.4) is 0 Å². The number of nitrogens with zero attached hydrogens (tertiary/aromatic N) is 3. The maximum Gasteiger partial charge on any atom is 0.276 e. The molecule has 1 aromatic heterocycles. The molecule has 0 bridgehead atoms. The van der Waals surface area contributed by atoms with E-state index in [9.17, 15) is 9.18 Å². The Labute approximate surface area is 197 Å². The second-order valence-corrected chi connectivity index (χ2v) is 8.73. The average Bonchev–Trinajstić information content (AvgIpc) is 3.17. The van der Waals surface area contributed by atoms with Gasteiger partial charge in [0.2, 0.25) is 0 Å². The van der Waals surface area contributed by atoms with Crippen molar-refractivity contribution in [1.82, 2.24) is 15.0 Å². The largest absolute Gasteiger partial charge is 0.488 e. The molecule has 0 spiro atoms.